The normalized spacial score (nSPS) is 19.9. The van der Waals surface area contributed by atoms with Crippen LogP contribution < -0.4 is 20.3 Å². The van der Waals surface area contributed by atoms with E-state index in [1.165, 1.54) is 5.69 Å². The average Bonchev–Trinajstić information content (AvgIpc) is 2.45. The fraction of sp³-hybridized carbons (Fsp3) is 0.571. The van der Waals surface area contributed by atoms with Crippen LogP contribution in [0.15, 0.2) is 24.3 Å². The van der Waals surface area contributed by atoms with Gasteiger partial charge in [-0.15, -0.1) is 0 Å². The van der Waals surface area contributed by atoms with E-state index >= 15 is 0 Å². The maximum atomic E-state index is 5.46. The zero-order valence-corrected chi connectivity index (χ0v) is 11.3. The molecule has 0 spiro atoms. The van der Waals surface area contributed by atoms with Crippen LogP contribution in [0.2, 0.25) is 0 Å². The Morgan fingerprint density at radius 3 is 3.06 bits per heavy atom. The van der Waals surface area contributed by atoms with E-state index in [4.69, 9.17) is 4.74 Å². The number of anilines is 1. The van der Waals surface area contributed by atoms with Gasteiger partial charge in [0.15, 0.2) is 0 Å². The first kappa shape index (κ1) is 13.2. The number of nitrogens with one attached hydrogen (secondary N) is 2. The summed E-state index contributed by atoms with van der Waals surface area (Å²) in [6.45, 7) is 6.22. The molecule has 0 aliphatic carbocycles. The molecule has 4 nitrogen and oxygen atoms in total. The first-order chi connectivity index (χ1) is 8.86. The van der Waals surface area contributed by atoms with Gasteiger partial charge in [0.2, 0.25) is 0 Å². The zero-order chi connectivity index (χ0) is 12.8. The van der Waals surface area contributed by atoms with E-state index < -0.39 is 0 Å². The SMILES string of the molecule is CCCNC1CNCCN1c1ccccc1OC. The molecule has 1 unspecified atom stereocenters. The lowest BCUT2D eigenvalue weighted by molar-refractivity contribution is 0.390. The predicted molar refractivity (Wildman–Crippen MR) is 75.3 cm³/mol. The number of methoxy groups -OCH3 is 1. The van der Waals surface area contributed by atoms with Crippen LogP contribution >= 0.6 is 0 Å². The van der Waals surface area contributed by atoms with Crippen molar-refractivity contribution in [3.05, 3.63) is 24.3 Å². The van der Waals surface area contributed by atoms with E-state index in [1.54, 1.807) is 7.11 Å². The van der Waals surface area contributed by atoms with Gasteiger partial charge in [-0.05, 0) is 25.1 Å². The molecule has 1 aromatic rings. The van der Waals surface area contributed by atoms with Crippen molar-refractivity contribution in [3.8, 4) is 5.75 Å². The summed E-state index contributed by atoms with van der Waals surface area (Å²) in [6, 6.07) is 8.23. The van der Waals surface area contributed by atoms with Crippen LogP contribution in [0.4, 0.5) is 5.69 Å². The minimum absolute atomic E-state index is 0.343. The fourth-order valence-electron chi connectivity index (χ4n) is 2.35. The number of hydrogen-bond acceptors (Lipinski definition) is 4. The van der Waals surface area contributed by atoms with Gasteiger partial charge in [0, 0.05) is 19.6 Å². The number of benzene rings is 1. The van der Waals surface area contributed by atoms with Gasteiger partial charge in [-0.1, -0.05) is 19.1 Å². The molecule has 100 valence electrons. The molecular formula is C14H23N3O. The molecule has 1 heterocycles. The number of piperazine rings is 1. The van der Waals surface area contributed by atoms with E-state index in [-0.39, 0.29) is 0 Å². The highest BCUT2D eigenvalue weighted by Gasteiger charge is 2.23. The second-order valence-corrected chi connectivity index (χ2v) is 4.54. The summed E-state index contributed by atoms with van der Waals surface area (Å²) < 4.78 is 5.46. The standard InChI is InChI=1S/C14H23N3O/c1-3-8-16-14-11-15-9-10-17(14)12-6-4-5-7-13(12)18-2/h4-7,14-16H,3,8-11H2,1-2H3. The predicted octanol–water partition coefficient (Wildman–Crippen LogP) is 1.43. The lowest BCUT2D eigenvalue weighted by Crippen LogP contribution is -2.58. The Kier molecular flexibility index (Phi) is 4.84. The van der Waals surface area contributed by atoms with Crippen molar-refractivity contribution in [2.75, 3.05) is 38.2 Å². The summed E-state index contributed by atoms with van der Waals surface area (Å²) in [5.41, 5.74) is 1.18. The van der Waals surface area contributed by atoms with Crippen LogP contribution in [0.1, 0.15) is 13.3 Å². The third-order valence-corrected chi connectivity index (χ3v) is 3.27. The quantitative estimate of drug-likeness (QED) is 0.828. The first-order valence-corrected chi connectivity index (χ1v) is 6.70. The van der Waals surface area contributed by atoms with Gasteiger partial charge in [-0.3, -0.25) is 5.32 Å². The molecule has 0 bridgehead atoms. The van der Waals surface area contributed by atoms with Gasteiger partial charge in [-0.25, -0.2) is 0 Å². The average molecular weight is 249 g/mol. The third kappa shape index (κ3) is 2.94. The maximum absolute atomic E-state index is 5.46. The van der Waals surface area contributed by atoms with E-state index in [0.717, 1.165) is 38.3 Å². The molecule has 1 fully saturated rings. The molecule has 0 radical (unpaired) electrons. The van der Waals surface area contributed by atoms with E-state index in [9.17, 15) is 0 Å². The molecular weight excluding hydrogens is 226 g/mol. The minimum atomic E-state index is 0.343. The summed E-state index contributed by atoms with van der Waals surface area (Å²) in [7, 11) is 1.73. The summed E-state index contributed by atoms with van der Waals surface area (Å²) in [4.78, 5) is 2.39. The van der Waals surface area contributed by atoms with Gasteiger partial charge in [-0.2, -0.15) is 0 Å². The Labute approximate surface area is 109 Å². The largest absolute Gasteiger partial charge is 0.495 e. The molecule has 2 rings (SSSR count). The number of nitrogens with zero attached hydrogens (tertiary/aromatic N) is 1. The molecule has 1 saturated heterocycles. The van der Waals surface area contributed by atoms with Gasteiger partial charge in [0.25, 0.3) is 0 Å². The lowest BCUT2D eigenvalue weighted by atomic mass is 10.2. The first-order valence-electron chi connectivity index (χ1n) is 6.70. The van der Waals surface area contributed by atoms with Gasteiger partial charge >= 0.3 is 0 Å². The van der Waals surface area contributed by atoms with Crippen molar-refractivity contribution in [1.82, 2.24) is 10.6 Å². The molecule has 1 aromatic carbocycles. The molecule has 0 aromatic heterocycles. The number of ether oxygens (including phenoxy) is 1. The van der Waals surface area contributed by atoms with Crippen molar-refractivity contribution in [2.24, 2.45) is 0 Å². The van der Waals surface area contributed by atoms with Crippen LogP contribution in [0.25, 0.3) is 0 Å². The van der Waals surface area contributed by atoms with Crippen LogP contribution in [0.5, 0.6) is 5.75 Å². The van der Waals surface area contributed by atoms with Gasteiger partial charge in [0.1, 0.15) is 5.75 Å². The number of hydrogen-bond donors (Lipinski definition) is 2. The van der Waals surface area contributed by atoms with E-state index in [0.29, 0.717) is 6.17 Å². The molecule has 1 aliphatic rings. The Morgan fingerprint density at radius 1 is 1.44 bits per heavy atom. The van der Waals surface area contributed by atoms with Crippen LogP contribution in [0, 0.1) is 0 Å². The Bertz CT molecular complexity index is 370. The van der Waals surface area contributed by atoms with Gasteiger partial charge < -0.3 is 15.0 Å². The van der Waals surface area contributed by atoms with Crippen LogP contribution in [-0.4, -0.2) is 39.5 Å². The highest BCUT2D eigenvalue weighted by atomic mass is 16.5. The van der Waals surface area contributed by atoms with Gasteiger partial charge in [0.05, 0.1) is 19.0 Å². The van der Waals surface area contributed by atoms with Crippen molar-refractivity contribution in [1.29, 1.82) is 0 Å². The lowest BCUT2D eigenvalue weighted by Gasteiger charge is -2.39. The van der Waals surface area contributed by atoms with Crippen LogP contribution in [0.3, 0.4) is 0 Å². The monoisotopic (exact) mass is 249 g/mol. The zero-order valence-electron chi connectivity index (χ0n) is 11.3. The second-order valence-electron chi connectivity index (χ2n) is 4.54. The molecule has 2 N–H and O–H groups in total. The Morgan fingerprint density at radius 2 is 2.28 bits per heavy atom. The Hall–Kier alpha value is -1.26. The maximum Gasteiger partial charge on any atom is 0.142 e. The third-order valence-electron chi connectivity index (χ3n) is 3.27. The topological polar surface area (TPSA) is 36.5 Å². The van der Waals surface area contributed by atoms with Crippen molar-refractivity contribution in [3.63, 3.8) is 0 Å². The molecule has 1 aliphatic heterocycles. The summed E-state index contributed by atoms with van der Waals surface area (Å²) in [6.07, 6.45) is 1.49. The number of rotatable bonds is 5. The van der Waals surface area contributed by atoms with E-state index in [1.807, 2.05) is 12.1 Å². The van der Waals surface area contributed by atoms with Crippen molar-refractivity contribution >= 4 is 5.69 Å². The highest BCUT2D eigenvalue weighted by Crippen LogP contribution is 2.29. The fourth-order valence-corrected chi connectivity index (χ4v) is 2.35. The van der Waals surface area contributed by atoms with E-state index in [2.05, 4.69) is 34.6 Å². The summed E-state index contributed by atoms with van der Waals surface area (Å²) in [5, 5.41) is 7.01. The summed E-state index contributed by atoms with van der Waals surface area (Å²) >= 11 is 0. The molecule has 0 amide bonds. The number of para-hydroxylation sites is 2. The Balaban J connectivity index is 2.16. The molecule has 1 atom stereocenters. The molecule has 4 heteroatoms. The molecule has 0 saturated carbocycles. The van der Waals surface area contributed by atoms with Crippen molar-refractivity contribution in [2.45, 2.75) is 19.5 Å². The second kappa shape index (κ2) is 6.61. The molecule has 18 heavy (non-hydrogen) atoms. The summed E-state index contributed by atoms with van der Waals surface area (Å²) in [5.74, 6) is 0.947. The van der Waals surface area contributed by atoms with Crippen molar-refractivity contribution < 1.29 is 4.74 Å². The minimum Gasteiger partial charge on any atom is -0.495 e. The van der Waals surface area contributed by atoms with Crippen LogP contribution in [-0.2, 0) is 0 Å². The smallest absolute Gasteiger partial charge is 0.142 e. The highest BCUT2D eigenvalue weighted by molar-refractivity contribution is 5.59.